The van der Waals surface area contributed by atoms with Crippen LogP contribution >= 0.6 is 34.7 Å². The molecule has 0 radical (unpaired) electrons. The highest BCUT2D eigenvalue weighted by molar-refractivity contribution is 8.01. The number of hydrogen-bond donors (Lipinski definition) is 1. The number of halogens is 1. The highest BCUT2D eigenvalue weighted by Gasteiger charge is 2.17. The lowest BCUT2D eigenvalue weighted by Gasteiger charge is -1.99. The van der Waals surface area contributed by atoms with Gasteiger partial charge in [0.15, 0.2) is 10.1 Å². The van der Waals surface area contributed by atoms with E-state index in [1.807, 2.05) is 0 Å². The van der Waals surface area contributed by atoms with Crippen LogP contribution in [0.4, 0.5) is 5.13 Å². The Balaban J connectivity index is 1.89. The zero-order valence-corrected chi connectivity index (χ0v) is 14.1. The normalized spacial score (nSPS) is 10.2. The Bertz CT molecular complexity index is 733. The number of ketones is 1. The number of benzene rings is 1. The van der Waals surface area contributed by atoms with Gasteiger partial charge >= 0.3 is 11.9 Å². The number of esters is 1. The fraction of sp³-hybridized carbons (Fsp3) is 0.154. The maximum Gasteiger partial charge on any atom is 0.396 e. The molecule has 1 aromatic heterocycles. The van der Waals surface area contributed by atoms with Crippen molar-refractivity contribution in [1.82, 2.24) is 10.2 Å². The number of nitrogens with one attached hydrogen (secondary N) is 1. The van der Waals surface area contributed by atoms with E-state index in [0.29, 0.717) is 14.9 Å². The molecular formula is C13H10ClN3O4S2. The first-order valence-electron chi connectivity index (χ1n) is 6.14. The number of aromatic nitrogens is 2. The van der Waals surface area contributed by atoms with Gasteiger partial charge in [0.05, 0.1) is 12.9 Å². The van der Waals surface area contributed by atoms with E-state index in [1.165, 1.54) is 11.8 Å². The first kappa shape index (κ1) is 17.4. The molecule has 0 fully saturated rings. The third-order valence-electron chi connectivity index (χ3n) is 2.49. The third kappa shape index (κ3) is 5.02. The lowest BCUT2D eigenvalue weighted by Crippen LogP contribution is -2.23. The van der Waals surface area contributed by atoms with Crippen LogP contribution in [0.1, 0.15) is 10.4 Å². The molecule has 120 valence electrons. The number of nitrogens with zero attached hydrogens (tertiary/aromatic N) is 2. The van der Waals surface area contributed by atoms with Gasteiger partial charge in [0, 0.05) is 10.6 Å². The second-order valence-electron chi connectivity index (χ2n) is 4.04. The van der Waals surface area contributed by atoms with E-state index in [4.69, 9.17) is 11.6 Å². The van der Waals surface area contributed by atoms with Crippen molar-refractivity contribution < 1.29 is 19.1 Å². The Labute approximate surface area is 144 Å². The summed E-state index contributed by atoms with van der Waals surface area (Å²) < 4.78 is 4.77. The number of carbonyl (C=O) groups excluding carboxylic acids is 3. The summed E-state index contributed by atoms with van der Waals surface area (Å²) in [5, 5.41) is 10.5. The van der Waals surface area contributed by atoms with Crippen molar-refractivity contribution in [2.24, 2.45) is 0 Å². The molecule has 0 aliphatic rings. The van der Waals surface area contributed by atoms with Crippen LogP contribution in [0.3, 0.4) is 0 Å². The number of hydrogen-bond acceptors (Lipinski definition) is 8. The molecule has 0 atom stereocenters. The summed E-state index contributed by atoms with van der Waals surface area (Å²) in [6.07, 6.45) is 0. The van der Waals surface area contributed by atoms with Crippen molar-refractivity contribution in [3.05, 3.63) is 34.9 Å². The molecule has 23 heavy (non-hydrogen) atoms. The average Bonchev–Trinajstić information content (AvgIpc) is 2.99. The summed E-state index contributed by atoms with van der Waals surface area (Å²) in [5.41, 5.74) is 0.547. The summed E-state index contributed by atoms with van der Waals surface area (Å²) in [6, 6.07) is 6.58. The van der Waals surface area contributed by atoms with Crippen molar-refractivity contribution in [1.29, 1.82) is 0 Å². The largest absolute Gasteiger partial charge is 0.462 e. The van der Waals surface area contributed by atoms with Crippen LogP contribution in [0.5, 0.6) is 0 Å². The van der Waals surface area contributed by atoms with E-state index in [0.717, 1.165) is 18.4 Å². The van der Waals surface area contributed by atoms with E-state index in [2.05, 4.69) is 20.3 Å². The molecule has 1 amide bonds. The molecule has 10 heteroatoms. The van der Waals surface area contributed by atoms with Crippen LogP contribution in [0.2, 0.25) is 5.02 Å². The van der Waals surface area contributed by atoms with Gasteiger partial charge in [-0.1, -0.05) is 34.7 Å². The second-order valence-corrected chi connectivity index (χ2v) is 6.67. The number of methoxy groups -OCH3 is 1. The van der Waals surface area contributed by atoms with Crippen LogP contribution < -0.4 is 5.32 Å². The molecule has 0 bridgehead atoms. The topological polar surface area (TPSA) is 98.2 Å². The van der Waals surface area contributed by atoms with Crippen molar-refractivity contribution in [3.63, 3.8) is 0 Å². The highest BCUT2D eigenvalue weighted by atomic mass is 35.5. The quantitative estimate of drug-likeness (QED) is 0.283. The number of rotatable bonds is 5. The van der Waals surface area contributed by atoms with Gasteiger partial charge in [-0.3, -0.25) is 14.9 Å². The SMILES string of the molecule is COC(=O)C(=O)Nc1nnc(SCC(=O)c2ccc(Cl)cc2)s1. The number of amides is 1. The van der Waals surface area contributed by atoms with E-state index in [1.54, 1.807) is 24.3 Å². The van der Waals surface area contributed by atoms with Gasteiger partial charge in [0.25, 0.3) is 0 Å². The number of carbonyl (C=O) groups is 3. The van der Waals surface area contributed by atoms with Crippen LogP contribution in [0, 0.1) is 0 Å². The van der Waals surface area contributed by atoms with Crippen molar-refractivity contribution in [3.8, 4) is 0 Å². The van der Waals surface area contributed by atoms with Crippen LogP contribution in [-0.4, -0.2) is 40.7 Å². The third-order valence-corrected chi connectivity index (χ3v) is 4.71. The lowest BCUT2D eigenvalue weighted by molar-refractivity contribution is -0.150. The molecular weight excluding hydrogens is 362 g/mol. The summed E-state index contributed by atoms with van der Waals surface area (Å²) >= 11 is 8.01. The smallest absolute Gasteiger partial charge is 0.396 e. The first-order valence-corrected chi connectivity index (χ1v) is 8.32. The van der Waals surface area contributed by atoms with Gasteiger partial charge in [-0.25, -0.2) is 4.79 Å². The summed E-state index contributed by atoms with van der Waals surface area (Å²) in [6.45, 7) is 0. The highest BCUT2D eigenvalue weighted by Crippen LogP contribution is 2.26. The van der Waals surface area contributed by atoms with Gasteiger partial charge in [-0.15, -0.1) is 10.2 Å². The Kier molecular flexibility index (Phi) is 6.08. The minimum absolute atomic E-state index is 0.0815. The predicted molar refractivity (Wildman–Crippen MR) is 87.1 cm³/mol. The Hall–Kier alpha value is -1.97. The van der Waals surface area contributed by atoms with Gasteiger partial charge < -0.3 is 4.74 Å². The van der Waals surface area contributed by atoms with E-state index in [-0.39, 0.29) is 16.7 Å². The number of thioether (sulfide) groups is 1. The fourth-order valence-electron chi connectivity index (χ4n) is 1.41. The first-order chi connectivity index (χ1) is 11.0. The molecule has 1 heterocycles. The number of Topliss-reactive ketones (excluding diaryl/α,β-unsaturated/α-hetero) is 1. The van der Waals surface area contributed by atoms with Crippen molar-refractivity contribution >= 4 is 57.5 Å². The predicted octanol–water partition coefficient (Wildman–Crippen LogP) is 2.28. The second kappa shape index (κ2) is 8.04. The molecule has 0 unspecified atom stereocenters. The van der Waals surface area contributed by atoms with Crippen LogP contribution in [0.15, 0.2) is 28.6 Å². The molecule has 1 aromatic carbocycles. The van der Waals surface area contributed by atoms with E-state index < -0.39 is 11.9 Å². The maximum atomic E-state index is 12.0. The molecule has 0 saturated carbocycles. The van der Waals surface area contributed by atoms with Crippen molar-refractivity contribution in [2.75, 3.05) is 18.2 Å². The van der Waals surface area contributed by atoms with E-state index >= 15 is 0 Å². The number of ether oxygens (including phenoxy) is 1. The minimum atomic E-state index is -1.02. The Morgan fingerprint density at radius 2 is 1.96 bits per heavy atom. The van der Waals surface area contributed by atoms with Gasteiger partial charge in [-0.2, -0.15) is 0 Å². The summed E-state index contributed by atoms with van der Waals surface area (Å²) in [5.74, 6) is -1.87. The van der Waals surface area contributed by atoms with Gasteiger partial charge in [-0.05, 0) is 24.3 Å². The average molecular weight is 372 g/mol. The molecule has 7 nitrogen and oxygen atoms in total. The Morgan fingerprint density at radius 1 is 1.26 bits per heavy atom. The summed E-state index contributed by atoms with van der Waals surface area (Å²) in [4.78, 5) is 34.3. The van der Waals surface area contributed by atoms with Gasteiger partial charge in [0.2, 0.25) is 5.13 Å². The standard InChI is InChI=1S/C13H10ClN3O4S2/c1-21-11(20)10(19)15-12-16-17-13(23-12)22-6-9(18)7-2-4-8(14)5-3-7/h2-5H,6H2,1H3,(H,15,16,19). The van der Waals surface area contributed by atoms with Crippen LogP contribution in [-0.2, 0) is 14.3 Å². The molecule has 2 rings (SSSR count). The molecule has 2 aromatic rings. The monoisotopic (exact) mass is 371 g/mol. The zero-order chi connectivity index (χ0) is 16.8. The zero-order valence-electron chi connectivity index (χ0n) is 11.7. The molecule has 0 saturated heterocycles. The molecule has 1 N–H and O–H groups in total. The fourth-order valence-corrected chi connectivity index (χ4v) is 3.17. The number of anilines is 1. The lowest BCUT2D eigenvalue weighted by atomic mass is 10.1. The molecule has 0 spiro atoms. The Morgan fingerprint density at radius 3 is 2.61 bits per heavy atom. The molecule has 0 aliphatic carbocycles. The van der Waals surface area contributed by atoms with E-state index in [9.17, 15) is 14.4 Å². The maximum absolute atomic E-state index is 12.0. The van der Waals surface area contributed by atoms with Crippen LogP contribution in [0.25, 0.3) is 0 Å². The molecule has 0 aliphatic heterocycles. The summed E-state index contributed by atoms with van der Waals surface area (Å²) in [7, 11) is 1.10. The minimum Gasteiger partial charge on any atom is -0.462 e. The van der Waals surface area contributed by atoms with Crippen molar-refractivity contribution in [2.45, 2.75) is 4.34 Å². The van der Waals surface area contributed by atoms with Gasteiger partial charge in [0.1, 0.15) is 0 Å².